The number of carbonyl (C=O) groups is 1. The minimum absolute atomic E-state index is 0.179. The first-order chi connectivity index (χ1) is 15.4. The lowest BCUT2D eigenvalue weighted by molar-refractivity contribution is -0.129. The van der Waals surface area contributed by atoms with Crippen LogP contribution in [0.25, 0.3) is 6.08 Å². The first kappa shape index (κ1) is 22.8. The van der Waals surface area contributed by atoms with E-state index in [4.69, 9.17) is 25.8 Å². The van der Waals surface area contributed by atoms with Crippen LogP contribution < -0.4 is 9.47 Å². The number of hydrogen-bond acceptors (Lipinski definition) is 5. The van der Waals surface area contributed by atoms with Gasteiger partial charge in [-0.3, -0.25) is 0 Å². The summed E-state index contributed by atoms with van der Waals surface area (Å²) < 4.78 is 18.8. The Hall–Kier alpha value is -2.36. The van der Waals surface area contributed by atoms with Crippen LogP contribution in [0.2, 0.25) is 5.02 Å². The molecule has 0 amide bonds. The summed E-state index contributed by atoms with van der Waals surface area (Å²) in [4.78, 5) is 16.7. The summed E-state index contributed by atoms with van der Waals surface area (Å²) in [5.74, 6) is 0.612. The van der Waals surface area contributed by atoms with Crippen LogP contribution in [0.1, 0.15) is 16.7 Å². The zero-order valence-electron chi connectivity index (χ0n) is 16.8. The summed E-state index contributed by atoms with van der Waals surface area (Å²) in [7, 11) is 1.53. The molecule has 0 atom stereocenters. The molecule has 0 fully saturated rings. The molecular weight excluding hydrogens is 609 g/mol. The van der Waals surface area contributed by atoms with Gasteiger partial charge in [0, 0.05) is 19.2 Å². The normalized spacial score (nSPS) is 14.3. The number of rotatable bonds is 6. The molecule has 0 aliphatic carbocycles. The van der Waals surface area contributed by atoms with Crippen LogP contribution in [0, 0.1) is 3.57 Å². The van der Waals surface area contributed by atoms with Crippen molar-refractivity contribution in [3.63, 3.8) is 0 Å². The van der Waals surface area contributed by atoms with E-state index >= 15 is 0 Å². The fraction of sp³-hybridized carbons (Fsp3) is 0.0833. The molecule has 0 N–H and O–H groups in total. The first-order valence-corrected chi connectivity index (χ1v) is 11.7. The second kappa shape index (κ2) is 10.1. The smallest absolute Gasteiger partial charge is 0.363 e. The van der Waals surface area contributed by atoms with E-state index in [2.05, 4.69) is 43.5 Å². The number of cyclic esters (lactones) is 1. The molecule has 5 nitrogen and oxygen atoms in total. The number of benzene rings is 3. The third-order valence-corrected chi connectivity index (χ3v) is 6.37. The third kappa shape index (κ3) is 5.16. The van der Waals surface area contributed by atoms with Crippen molar-refractivity contribution in [2.75, 3.05) is 7.11 Å². The van der Waals surface area contributed by atoms with Gasteiger partial charge >= 0.3 is 5.97 Å². The molecule has 8 heteroatoms. The number of aliphatic imine (C=N–C) groups is 1. The number of carbonyl (C=O) groups excluding carboxylic acids is 1. The maximum atomic E-state index is 12.3. The van der Waals surface area contributed by atoms with Gasteiger partial charge in [-0.05, 0) is 76.7 Å². The lowest BCUT2D eigenvalue weighted by Gasteiger charge is -2.14. The van der Waals surface area contributed by atoms with Crippen molar-refractivity contribution in [1.82, 2.24) is 0 Å². The largest absolute Gasteiger partial charge is 0.493 e. The number of halogens is 3. The van der Waals surface area contributed by atoms with Crippen LogP contribution in [0.15, 0.2) is 75.8 Å². The lowest BCUT2D eigenvalue weighted by atomic mass is 10.1. The summed E-state index contributed by atoms with van der Waals surface area (Å²) in [6.45, 7) is 0.313. The Labute approximate surface area is 212 Å². The molecule has 0 aromatic heterocycles. The molecule has 0 radical (unpaired) electrons. The van der Waals surface area contributed by atoms with E-state index in [0.717, 1.165) is 19.2 Å². The molecule has 0 bridgehead atoms. The molecule has 4 rings (SSSR count). The van der Waals surface area contributed by atoms with E-state index < -0.39 is 5.97 Å². The molecule has 1 aliphatic rings. The zero-order valence-corrected chi connectivity index (χ0v) is 21.3. The van der Waals surface area contributed by atoms with Crippen LogP contribution in [0.4, 0.5) is 0 Å². The molecular formula is C24H16BrClINO4. The summed E-state index contributed by atoms with van der Waals surface area (Å²) in [6, 6.07) is 18.8. The summed E-state index contributed by atoms with van der Waals surface area (Å²) >= 11 is 12.2. The van der Waals surface area contributed by atoms with Gasteiger partial charge in [-0.15, -0.1) is 0 Å². The number of hydrogen-bond donors (Lipinski definition) is 0. The molecule has 162 valence electrons. The second-order valence-corrected chi connectivity index (χ2v) is 9.26. The molecule has 0 saturated heterocycles. The van der Waals surface area contributed by atoms with Crippen LogP contribution in [-0.2, 0) is 16.1 Å². The fourth-order valence-electron chi connectivity index (χ4n) is 3.01. The highest BCUT2D eigenvalue weighted by atomic mass is 127. The van der Waals surface area contributed by atoms with Gasteiger partial charge in [-0.2, -0.15) is 0 Å². The molecule has 0 unspecified atom stereocenters. The molecule has 0 saturated carbocycles. The van der Waals surface area contributed by atoms with Gasteiger partial charge in [0.05, 0.1) is 12.1 Å². The Kier molecular flexibility index (Phi) is 7.17. The van der Waals surface area contributed by atoms with Crippen LogP contribution >= 0.6 is 50.1 Å². The van der Waals surface area contributed by atoms with E-state index in [1.807, 2.05) is 48.5 Å². The SMILES string of the molecule is COc1cc(/C=C2\N=C(c3ccc(I)cc3)OC2=O)cc(Cl)c1OCc1ccccc1Br. The standard InChI is InChI=1S/C24H16BrClINO4/c1-30-21-12-14(10-19(26)22(21)31-13-16-4-2-3-5-18(16)25)11-20-24(29)32-23(28-20)15-6-8-17(27)9-7-15/h2-12H,13H2,1H3/b20-11-. The zero-order chi connectivity index (χ0) is 22.7. The average molecular weight is 625 g/mol. The van der Waals surface area contributed by atoms with E-state index in [1.54, 1.807) is 18.2 Å². The van der Waals surface area contributed by atoms with E-state index in [0.29, 0.717) is 28.7 Å². The van der Waals surface area contributed by atoms with E-state index in [1.165, 1.54) is 7.11 Å². The first-order valence-electron chi connectivity index (χ1n) is 9.47. The van der Waals surface area contributed by atoms with Gasteiger partial charge in [-0.25, -0.2) is 9.79 Å². The summed E-state index contributed by atoms with van der Waals surface area (Å²) in [5.41, 5.74) is 2.52. The number of ether oxygens (including phenoxy) is 3. The van der Waals surface area contributed by atoms with Crippen LogP contribution in [0.3, 0.4) is 0 Å². The number of methoxy groups -OCH3 is 1. The van der Waals surface area contributed by atoms with E-state index in [-0.39, 0.29) is 11.6 Å². The highest BCUT2D eigenvalue weighted by molar-refractivity contribution is 14.1. The third-order valence-electron chi connectivity index (χ3n) is 4.60. The second-order valence-electron chi connectivity index (χ2n) is 6.76. The van der Waals surface area contributed by atoms with Crippen LogP contribution in [-0.4, -0.2) is 19.0 Å². The van der Waals surface area contributed by atoms with Gasteiger partial charge in [0.2, 0.25) is 5.90 Å². The Balaban J connectivity index is 1.59. The van der Waals surface area contributed by atoms with Crippen molar-refractivity contribution >= 4 is 68.1 Å². The Morgan fingerprint density at radius 1 is 1.16 bits per heavy atom. The summed E-state index contributed by atoms with van der Waals surface area (Å²) in [6.07, 6.45) is 1.61. The molecule has 1 heterocycles. The predicted octanol–water partition coefficient (Wildman–Crippen LogP) is 6.64. The molecule has 0 spiro atoms. The lowest BCUT2D eigenvalue weighted by Crippen LogP contribution is -2.05. The van der Waals surface area contributed by atoms with E-state index in [9.17, 15) is 4.79 Å². The van der Waals surface area contributed by atoms with Crippen LogP contribution in [0.5, 0.6) is 11.5 Å². The topological polar surface area (TPSA) is 57.1 Å². The maximum Gasteiger partial charge on any atom is 0.363 e. The van der Waals surface area contributed by atoms with Gasteiger partial charge in [-0.1, -0.05) is 45.7 Å². The van der Waals surface area contributed by atoms with Gasteiger partial charge < -0.3 is 14.2 Å². The van der Waals surface area contributed by atoms with Crippen molar-refractivity contribution in [3.05, 3.63) is 96.1 Å². The molecule has 32 heavy (non-hydrogen) atoms. The molecule has 3 aromatic rings. The van der Waals surface area contributed by atoms with Gasteiger partial charge in [0.25, 0.3) is 0 Å². The minimum atomic E-state index is -0.525. The predicted molar refractivity (Wildman–Crippen MR) is 136 cm³/mol. The molecule has 3 aromatic carbocycles. The molecule has 1 aliphatic heterocycles. The van der Waals surface area contributed by atoms with Crippen molar-refractivity contribution < 1.29 is 19.0 Å². The minimum Gasteiger partial charge on any atom is -0.493 e. The summed E-state index contributed by atoms with van der Waals surface area (Å²) in [5, 5.41) is 0.358. The average Bonchev–Trinajstić information content (AvgIpc) is 3.14. The monoisotopic (exact) mass is 623 g/mol. The van der Waals surface area contributed by atoms with Crippen molar-refractivity contribution in [2.24, 2.45) is 4.99 Å². The quantitative estimate of drug-likeness (QED) is 0.175. The highest BCUT2D eigenvalue weighted by Crippen LogP contribution is 2.38. The highest BCUT2D eigenvalue weighted by Gasteiger charge is 2.24. The number of nitrogens with zero attached hydrogens (tertiary/aromatic N) is 1. The number of esters is 1. The van der Waals surface area contributed by atoms with Gasteiger partial charge in [0.1, 0.15) is 6.61 Å². The van der Waals surface area contributed by atoms with Crippen molar-refractivity contribution in [1.29, 1.82) is 0 Å². The Morgan fingerprint density at radius 3 is 2.62 bits per heavy atom. The van der Waals surface area contributed by atoms with Crippen molar-refractivity contribution in [2.45, 2.75) is 6.61 Å². The van der Waals surface area contributed by atoms with Gasteiger partial charge in [0.15, 0.2) is 17.2 Å². The maximum absolute atomic E-state index is 12.3. The fourth-order valence-corrected chi connectivity index (χ4v) is 4.04. The Morgan fingerprint density at radius 2 is 1.91 bits per heavy atom. The van der Waals surface area contributed by atoms with Crippen molar-refractivity contribution in [3.8, 4) is 11.5 Å². The Bertz CT molecular complexity index is 1240.